The summed E-state index contributed by atoms with van der Waals surface area (Å²) in [5.41, 5.74) is 2.18. The summed E-state index contributed by atoms with van der Waals surface area (Å²) in [6, 6.07) is 11.3. The Hall–Kier alpha value is -2.71. The largest absolute Gasteiger partial charge is 0.452 e. The Balaban J connectivity index is 1.47. The number of rotatable bonds is 7. The third-order valence-corrected chi connectivity index (χ3v) is 5.80. The maximum atomic E-state index is 13.5. The molecule has 1 amide bonds. The van der Waals surface area contributed by atoms with Crippen molar-refractivity contribution in [2.24, 2.45) is 0 Å². The number of aromatic nitrogens is 1. The summed E-state index contributed by atoms with van der Waals surface area (Å²) in [7, 11) is 0. The summed E-state index contributed by atoms with van der Waals surface area (Å²) in [6.07, 6.45) is 0. The van der Waals surface area contributed by atoms with Crippen LogP contribution in [0.4, 0.5) is 10.1 Å². The highest BCUT2D eigenvalue weighted by molar-refractivity contribution is 7.98. The van der Waals surface area contributed by atoms with Gasteiger partial charge in [-0.3, -0.25) is 4.79 Å². The number of halogens is 1. The van der Waals surface area contributed by atoms with Crippen molar-refractivity contribution in [3.05, 3.63) is 75.5 Å². The van der Waals surface area contributed by atoms with Gasteiger partial charge < -0.3 is 10.1 Å². The fourth-order valence-electron chi connectivity index (χ4n) is 2.40. The van der Waals surface area contributed by atoms with Gasteiger partial charge in [-0.25, -0.2) is 14.2 Å². The first-order chi connectivity index (χ1) is 13.9. The van der Waals surface area contributed by atoms with Crippen molar-refractivity contribution in [2.45, 2.75) is 24.5 Å². The molecule has 1 heterocycles. The van der Waals surface area contributed by atoms with Gasteiger partial charge in [-0.2, -0.15) is 0 Å². The number of hydrogen-bond acceptors (Lipinski definition) is 6. The first kappa shape index (κ1) is 21.0. The highest BCUT2D eigenvalue weighted by Gasteiger charge is 2.11. The first-order valence-corrected chi connectivity index (χ1v) is 10.6. The molecule has 29 heavy (non-hydrogen) atoms. The number of ether oxygens (including phenoxy) is 1. The third kappa shape index (κ3) is 6.13. The molecule has 0 fully saturated rings. The van der Waals surface area contributed by atoms with Crippen LogP contribution in [-0.4, -0.2) is 23.5 Å². The van der Waals surface area contributed by atoms with Gasteiger partial charge in [-0.1, -0.05) is 6.07 Å². The number of thiazole rings is 1. The number of benzene rings is 2. The Bertz CT molecular complexity index is 1020. The fraction of sp³-hybridized carbons (Fsp3) is 0.190. The van der Waals surface area contributed by atoms with E-state index in [1.807, 2.05) is 24.4 Å². The minimum Gasteiger partial charge on any atom is -0.452 e. The lowest BCUT2D eigenvalue weighted by Gasteiger charge is -2.08. The van der Waals surface area contributed by atoms with Gasteiger partial charge in [-0.05, 0) is 55.8 Å². The zero-order chi connectivity index (χ0) is 20.8. The summed E-state index contributed by atoms with van der Waals surface area (Å²) in [5, 5.41) is 5.56. The van der Waals surface area contributed by atoms with E-state index in [2.05, 4.69) is 10.3 Å². The number of esters is 1. The molecule has 0 radical (unpaired) electrons. The van der Waals surface area contributed by atoms with Crippen LogP contribution in [0.2, 0.25) is 0 Å². The molecule has 0 saturated heterocycles. The number of carbonyl (C=O) groups is 2. The van der Waals surface area contributed by atoms with Crippen molar-refractivity contribution in [3.8, 4) is 0 Å². The predicted octanol–water partition coefficient (Wildman–Crippen LogP) is 4.99. The topological polar surface area (TPSA) is 68.3 Å². The van der Waals surface area contributed by atoms with Crippen LogP contribution < -0.4 is 5.32 Å². The monoisotopic (exact) mass is 430 g/mol. The van der Waals surface area contributed by atoms with Crippen LogP contribution in [0.25, 0.3) is 0 Å². The highest BCUT2D eigenvalue weighted by Crippen LogP contribution is 2.24. The number of hydrogen-bond donors (Lipinski definition) is 1. The molecule has 3 rings (SSSR count). The summed E-state index contributed by atoms with van der Waals surface area (Å²) in [6.45, 7) is 3.15. The van der Waals surface area contributed by atoms with Crippen molar-refractivity contribution in [3.63, 3.8) is 0 Å². The average molecular weight is 431 g/mol. The van der Waals surface area contributed by atoms with E-state index in [0.29, 0.717) is 16.8 Å². The van der Waals surface area contributed by atoms with E-state index in [0.717, 1.165) is 21.3 Å². The lowest BCUT2D eigenvalue weighted by Crippen LogP contribution is -2.21. The fourth-order valence-corrected chi connectivity index (χ4v) is 3.91. The van der Waals surface area contributed by atoms with Crippen LogP contribution in [-0.2, 0) is 15.3 Å². The number of nitrogens with zero attached hydrogens (tertiary/aromatic N) is 1. The quantitative estimate of drug-likeness (QED) is 0.423. The second kappa shape index (κ2) is 9.67. The molecule has 0 spiro atoms. The molecular formula is C21H19FN2O3S2. The van der Waals surface area contributed by atoms with Gasteiger partial charge in [0, 0.05) is 21.7 Å². The van der Waals surface area contributed by atoms with Crippen molar-refractivity contribution >= 4 is 40.7 Å². The van der Waals surface area contributed by atoms with E-state index in [1.165, 1.54) is 6.07 Å². The molecule has 3 aromatic rings. The number of nitrogens with one attached hydrogen (secondary N) is 1. The molecule has 1 aromatic heterocycles. The van der Waals surface area contributed by atoms with E-state index < -0.39 is 24.3 Å². The van der Waals surface area contributed by atoms with Crippen LogP contribution in [0.3, 0.4) is 0 Å². The molecule has 0 unspecified atom stereocenters. The van der Waals surface area contributed by atoms with E-state index >= 15 is 0 Å². The molecular weight excluding hydrogens is 411 g/mol. The van der Waals surface area contributed by atoms with Crippen LogP contribution in [0.1, 0.15) is 26.6 Å². The lowest BCUT2D eigenvalue weighted by atomic mass is 10.2. The summed E-state index contributed by atoms with van der Waals surface area (Å²) < 4.78 is 18.5. The van der Waals surface area contributed by atoms with Crippen molar-refractivity contribution in [1.29, 1.82) is 0 Å². The zero-order valence-electron chi connectivity index (χ0n) is 15.9. The molecule has 150 valence electrons. The maximum absolute atomic E-state index is 13.5. The molecule has 0 saturated carbocycles. The molecule has 8 heteroatoms. The number of anilines is 1. The van der Waals surface area contributed by atoms with Crippen molar-refractivity contribution in [1.82, 2.24) is 4.98 Å². The Labute approximate surface area is 176 Å². The van der Waals surface area contributed by atoms with Crippen molar-refractivity contribution < 1.29 is 18.7 Å². The van der Waals surface area contributed by atoms with E-state index in [9.17, 15) is 14.0 Å². The highest BCUT2D eigenvalue weighted by atomic mass is 32.2. The first-order valence-electron chi connectivity index (χ1n) is 8.78. The Morgan fingerprint density at radius 1 is 1.17 bits per heavy atom. The van der Waals surface area contributed by atoms with Crippen LogP contribution in [0.15, 0.2) is 52.7 Å². The van der Waals surface area contributed by atoms with Gasteiger partial charge >= 0.3 is 5.97 Å². The Morgan fingerprint density at radius 3 is 2.59 bits per heavy atom. The molecule has 2 aromatic carbocycles. The van der Waals surface area contributed by atoms with E-state index in [1.54, 1.807) is 54.3 Å². The second-order valence-corrected chi connectivity index (χ2v) is 8.37. The average Bonchev–Trinajstić information content (AvgIpc) is 3.13. The number of amides is 1. The van der Waals surface area contributed by atoms with E-state index in [4.69, 9.17) is 4.74 Å². The van der Waals surface area contributed by atoms with Gasteiger partial charge in [0.1, 0.15) is 5.82 Å². The minimum absolute atomic E-state index is 0.311. The Morgan fingerprint density at radius 2 is 1.93 bits per heavy atom. The third-order valence-electron chi connectivity index (χ3n) is 3.93. The lowest BCUT2D eigenvalue weighted by molar-refractivity contribution is -0.119. The summed E-state index contributed by atoms with van der Waals surface area (Å²) in [4.78, 5) is 29.4. The smallest absolute Gasteiger partial charge is 0.338 e. The molecule has 5 nitrogen and oxygen atoms in total. The SMILES string of the molecule is Cc1nc(CSc2ccc(C(=O)OCC(=O)Nc3ccc(C)c(F)c3)cc2)cs1. The summed E-state index contributed by atoms with van der Waals surface area (Å²) in [5.74, 6) is -0.787. The molecule has 0 bridgehead atoms. The molecule has 0 aliphatic rings. The van der Waals surface area contributed by atoms with Gasteiger partial charge in [0.05, 0.1) is 16.3 Å². The minimum atomic E-state index is -0.595. The molecule has 0 aliphatic carbocycles. The Kier molecular flexibility index (Phi) is 7.00. The molecule has 1 N–H and O–H groups in total. The van der Waals surface area contributed by atoms with Gasteiger partial charge in [0.15, 0.2) is 6.61 Å². The molecule has 0 atom stereocenters. The molecule has 0 aliphatic heterocycles. The summed E-state index contributed by atoms with van der Waals surface area (Å²) >= 11 is 3.24. The van der Waals surface area contributed by atoms with Gasteiger partial charge in [0.25, 0.3) is 5.91 Å². The van der Waals surface area contributed by atoms with Crippen molar-refractivity contribution in [2.75, 3.05) is 11.9 Å². The standard InChI is InChI=1S/C21H19FN2O3S2/c1-13-3-6-16(9-19(13)22)24-20(25)10-27-21(26)15-4-7-18(8-5-15)29-12-17-11-28-14(2)23-17/h3-9,11H,10,12H2,1-2H3,(H,24,25). The second-order valence-electron chi connectivity index (χ2n) is 6.26. The number of thioether (sulfide) groups is 1. The van der Waals surface area contributed by atoms with Gasteiger partial charge in [-0.15, -0.1) is 23.1 Å². The van der Waals surface area contributed by atoms with Crippen LogP contribution in [0, 0.1) is 19.7 Å². The van der Waals surface area contributed by atoms with Crippen LogP contribution >= 0.6 is 23.1 Å². The maximum Gasteiger partial charge on any atom is 0.338 e. The van der Waals surface area contributed by atoms with Crippen LogP contribution in [0.5, 0.6) is 0 Å². The normalized spacial score (nSPS) is 10.6. The van der Waals surface area contributed by atoms with E-state index in [-0.39, 0.29) is 0 Å². The van der Waals surface area contributed by atoms with Gasteiger partial charge in [0.2, 0.25) is 0 Å². The zero-order valence-corrected chi connectivity index (χ0v) is 17.5. The predicted molar refractivity (Wildman–Crippen MR) is 113 cm³/mol. The number of aryl methyl sites for hydroxylation is 2. The number of carbonyl (C=O) groups excluding carboxylic acids is 2.